The van der Waals surface area contributed by atoms with Crippen molar-refractivity contribution in [1.29, 1.82) is 0 Å². The van der Waals surface area contributed by atoms with Crippen molar-refractivity contribution in [2.45, 2.75) is 65.5 Å². The molecule has 0 unspecified atom stereocenters. The quantitative estimate of drug-likeness (QED) is 0.157. The summed E-state index contributed by atoms with van der Waals surface area (Å²) in [7, 11) is -0.879. The van der Waals surface area contributed by atoms with Crippen LogP contribution in [0, 0.1) is 13.8 Å². The molecule has 10 nitrogen and oxygen atoms in total. The van der Waals surface area contributed by atoms with Crippen LogP contribution >= 0.6 is 23.1 Å². The van der Waals surface area contributed by atoms with Crippen LogP contribution in [-0.4, -0.2) is 77.3 Å². The van der Waals surface area contributed by atoms with Gasteiger partial charge < -0.3 is 29.7 Å². The molecule has 0 spiro atoms. The van der Waals surface area contributed by atoms with E-state index in [9.17, 15) is 4.57 Å². The van der Waals surface area contributed by atoms with Gasteiger partial charge in [-0.05, 0) is 112 Å². The highest BCUT2D eigenvalue weighted by Gasteiger charge is 2.28. The first-order chi connectivity index (χ1) is 23.0. The molecule has 0 radical (unpaired) electrons. The smallest absolute Gasteiger partial charge is 0.229 e. The van der Waals surface area contributed by atoms with Crippen LogP contribution in [0.2, 0.25) is 0 Å². The fourth-order valence-corrected chi connectivity index (χ4v) is 9.10. The number of anilines is 5. The number of aryl methyl sites for hydroxylation is 2. The lowest BCUT2D eigenvalue weighted by Gasteiger charge is -2.41. The van der Waals surface area contributed by atoms with Crippen LogP contribution in [0.25, 0.3) is 11.1 Å². The van der Waals surface area contributed by atoms with E-state index in [1.165, 1.54) is 32.4 Å². The lowest BCUT2D eigenvalue weighted by molar-refractivity contribution is 0.141. The molecular weight excluding hydrogens is 687 g/mol. The van der Waals surface area contributed by atoms with Crippen LogP contribution in [-0.2, 0) is 11.1 Å². The summed E-state index contributed by atoms with van der Waals surface area (Å²) in [4.78, 5) is 14.6. The Morgan fingerprint density at radius 1 is 1.00 bits per heavy atom. The lowest BCUT2D eigenvalue weighted by Crippen LogP contribution is -2.46. The minimum Gasteiger partial charge on any atom is -0.494 e. The highest BCUT2D eigenvalue weighted by Crippen LogP contribution is 2.43. The molecule has 2 aliphatic heterocycles. The molecule has 2 saturated heterocycles. The normalized spacial score (nSPS) is 16.3. The Morgan fingerprint density at radius 2 is 1.75 bits per heavy atom. The topological polar surface area (TPSA) is 100 Å². The second kappa shape index (κ2) is 14.6. The third-order valence-corrected chi connectivity index (χ3v) is 12.0. The standard InChI is InChI=1S/C36H48BrN8O2P/c1-7-45-23-26(21-39-45)28-19-31(33(47-4)20-32(28)44-17-13-27(14-18-44)43-15-9-8-10-16-43)41-36-38-22-29(37)35(42-36)40-30-12-11-24(2)25(3)34(30)48(5,6)46/h11-12,19-23,27H,7-10,13-18H2,1-6H3,(H2,38,40,41,42). The van der Waals surface area contributed by atoms with Crippen molar-refractivity contribution in [2.75, 3.05) is 62.2 Å². The molecule has 2 aromatic heterocycles. The molecule has 0 saturated carbocycles. The molecule has 2 fully saturated rings. The van der Waals surface area contributed by atoms with Crippen molar-refractivity contribution in [2.24, 2.45) is 0 Å². The molecule has 0 atom stereocenters. The van der Waals surface area contributed by atoms with Crippen molar-refractivity contribution >= 4 is 57.2 Å². The first-order valence-electron chi connectivity index (χ1n) is 17.0. The molecule has 2 aromatic carbocycles. The molecule has 48 heavy (non-hydrogen) atoms. The van der Waals surface area contributed by atoms with E-state index in [4.69, 9.17) is 9.72 Å². The summed E-state index contributed by atoms with van der Waals surface area (Å²) in [6.07, 6.45) is 12.1. The monoisotopic (exact) mass is 734 g/mol. The van der Waals surface area contributed by atoms with Crippen molar-refractivity contribution in [3.8, 4) is 16.9 Å². The van der Waals surface area contributed by atoms with E-state index in [0.29, 0.717) is 28.0 Å². The number of methoxy groups -OCH3 is 1. The van der Waals surface area contributed by atoms with E-state index in [-0.39, 0.29) is 0 Å². The Kier molecular flexibility index (Phi) is 10.5. The maximum Gasteiger partial charge on any atom is 0.229 e. The van der Waals surface area contributed by atoms with Crippen molar-refractivity contribution in [3.63, 3.8) is 0 Å². The van der Waals surface area contributed by atoms with Crippen LogP contribution in [0.1, 0.15) is 50.2 Å². The van der Waals surface area contributed by atoms with Gasteiger partial charge in [0, 0.05) is 66.3 Å². The summed E-state index contributed by atoms with van der Waals surface area (Å²) in [5.41, 5.74) is 6.96. The van der Waals surface area contributed by atoms with Gasteiger partial charge in [-0.15, -0.1) is 0 Å². The molecule has 0 amide bonds. The van der Waals surface area contributed by atoms with Gasteiger partial charge in [-0.1, -0.05) is 12.5 Å². The Labute approximate surface area is 293 Å². The number of hydrogen-bond donors (Lipinski definition) is 2. The Hall–Kier alpha value is -3.40. The van der Waals surface area contributed by atoms with Crippen LogP contribution < -0.4 is 25.6 Å². The summed E-state index contributed by atoms with van der Waals surface area (Å²) in [5, 5.41) is 12.3. The van der Waals surface area contributed by atoms with E-state index in [0.717, 1.165) is 77.1 Å². The van der Waals surface area contributed by atoms with Gasteiger partial charge in [-0.2, -0.15) is 10.1 Å². The Morgan fingerprint density at radius 3 is 2.42 bits per heavy atom. The molecule has 2 aliphatic rings. The summed E-state index contributed by atoms with van der Waals surface area (Å²) >= 11 is 3.62. The highest BCUT2D eigenvalue weighted by atomic mass is 79.9. The number of nitrogens with zero attached hydrogens (tertiary/aromatic N) is 6. The molecular formula is C36H48BrN8O2P. The molecule has 12 heteroatoms. The van der Waals surface area contributed by atoms with Gasteiger partial charge in [0.2, 0.25) is 5.95 Å². The molecule has 0 bridgehead atoms. The second-order valence-corrected chi connectivity index (χ2v) is 17.4. The van der Waals surface area contributed by atoms with Crippen LogP contribution in [0.15, 0.2) is 47.3 Å². The van der Waals surface area contributed by atoms with Crippen LogP contribution in [0.5, 0.6) is 5.75 Å². The van der Waals surface area contributed by atoms with Gasteiger partial charge >= 0.3 is 0 Å². The SMILES string of the molecule is CCn1cc(-c2cc(Nc3ncc(Br)c(Nc4ccc(C)c(C)c4P(C)(C)=O)n3)c(OC)cc2N2CCC(N3CCCCC3)CC2)cn1. The summed E-state index contributed by atoms with van der Waals surface area (Å²) < 4.78 is 22.0. The van der Waals surface area contributed by atoms with E-state index < -0.39 is 7.14 Å². The van der Waals surface area contributed by atoms with Gasteiger partial charge in [0.15, 0.2) is 0 Å². The number of rotatable bonds is 10. The molecule has 0 aliphatic carbocycles. The van der Waals surface area contributed by atoms with E-state index in [2.05, 4.69) is 71.7 Å². The molecule has 256 valence electrons. The van der Waals surface area contributed by atoms with Crippen molar-refractivity contribution in [3.05, 3.63) is 58.5 Å². The van der Waals surface area contributed by atoms with Crippen molar-refractivity contribution in [1.82, 2.24) is 24.6 Å². The number of piperidine rings is 2. The minimum absolute atomic E-state index is 0.408. The maximum absolute atomic E-state index is 13.3. The zero-order chi connectivity index (χ0) is 34.0. The highest BCUT2D eigenvalue weighted by molar-refractivity contribution is 9.10. The van der Waals surface area contributed by atoms with E-state index >= 15 is 0 Å². The summed E-state index contributed by atoms with van der Waals surface area (Å²) in [5.74, 6) is 1.69. The van der Waals surface area contributed by atoms with Gasteiger partial charge in [0.05, 0.1) is 29.2 Å². The average Bonchev–Trinajstić information content (AvgIpc) is 3.57. The maximum atomic E-state index is 13.3. The van der Waals surface area contributed by atoms with Gasteiger partial charge in [0.1, 0.15) is 18.7 Å². The number of ether oxygens (including phenoxy) is 1. The summed E-state index contributed by atoms with van der Waals surface area (Å²) in [6.45, 7) is 15.0. The lowest BCUT2D eigenvalue weighted by atomic mass is 9.97. The van der Waals surface area contributed by atoms with Gasteiger partial charge in [-0.3, -0.25) is 4.68 Å². The van der Waals surface area contributed by atoms with E-state index in [1.54, 1.807) is 26.6 Å². The molecule has 4 heterocycles. The van der Waals surface area contributed by atoms with E-state index in [1.807, 2.05) is 36.9 Å². The zero-order valence-electron chi connectivity index (χ0n) is 29.0. The van der Waals surface area contributed by atoms with Crippen molar-refractivity contribution < 1.29 is 9.30 Å². The first kappa shape index (κ1) is 34.5. The molecule has 6 rings (SSSR count). The fraction of sp³-hybridized carbons (Fsp3) is 0.472. The number of likely N-dealkylation sites (tertiary alicyclic amines) is 1. The average molecular weight is 736 g/mol. The minimum atomic E-state index is -2.58. The third-order valence-electron chi connectivity index (χ3n) is 9.78. The predicted octanol–water partition coefficient (Wildman–Crippen LogP) is 7.94. The Balaban J connectivity index is 1.32. The first-order valence-corrected chi connectivity index (χ1v) is 20.4. The third kappa shape index (κ3) is 7.43. The number of nitrogens with one attached hydrogen (secondary N) is 2. The molecule has 2 N–H and O–H groups in total. The van der Waals surface area contributed by atoms with Gasteiger partial charge in [0.25, 0.3) is 0 Å². The Bertz CT molecular complexity index is 1810. The summed E-state index contributed by atoms with van der Waals surface area (Å²) in [6, 6.07) is 8.94. The fourth-order valence-electron chi connectivity index (χ4n) is 7.12. The second-order valence-electron chi connectivity index (χ2n) is 13.4. The largest absolute Gasteiger partial charge is 0.494 e. The van der Waals surface area contributed by atoms with Crippen LogP contribution in [0.3, 0.4) is 0 Å². The van der Waals surface area contributed by atoms with Gasteiger partial charge in [-0.25, -0.2) is 4.98 Å². The predicted molar refractivity (Wildman–Crippen MR) is 202 cm³/mol. The number of hydrogen-bond acceptors (Lipinski definition) is 9. The molecule has 4 aromatic rings. The zero-order valence-corrected chi connectivity index (χ0v) is 31.5. The number of halogens is 1. The number of aromatic nitrogens is 4. The number of benzene rings is 2. The van der Waals surface area contributed by atoms with Crippen LogP contribution in [0.4, 0.5) is 28.8 Å².